The molecule has 0 aromatic heterocycles. The number of rotatable bonds is 9. The van der Waals surface area contributed by atoms with E-state index in [-0.39, 0.29) is 16.9 Å². The third-order valence-electron chi connectivity index (χ3n) is 4.84. The van der Waals surface area contributed by atoms with Crippen LogP contribution in [0.4, 0.5) is 0 Å². The fraction of sp³-hybridized carbons (Fsp3) is 0.579. The second-order valence-corrected chi connectivity index (χ2v) is 6.45. The third kappa shape index (κ3) is 4.81. The Balaban J connectivity index is 1.87. The summed E-state index contributed by atoms with van der Waals surface area (Å²) in [5, 5.41) is 12.1. The lowest BCUT2D eigenvalue weighted by Crippen LogP contribution is -2.40. The first kappa shape index (κ1) is 18.5. The summed E-state index contributed by atoms with van der Waals surface area (Å²) in [4.78, 5) is 23.7. The van der Waals surface area contributed by atoms with E-state index in [1.807, 2.05) is 13.0 Å². The summed E-state index contributed by atoms with van der Waals surface area (Å²) in [5.41, 5.74) is 0.922. The van der Waals surface area contributed by atoms with Gasteiger partial charge in [-0.25, -0.2) is 4.79 Å². The summed E-state index contributed by atoms with van der Waals surface area (Å²) < 4.78 is 5.44. The van der Waals surface area contributed by atoms with Gasteiger partial charge < -0.3 is 15.2 Å². The highest BCUT2D eigenvalue weighted by molar-refractivity contribution is 5.87. The van der Waals surface area contributed by atoms with E-state index in [1.165, 1.54) is 0 Å². The molecule has 5 heteroatoms. The van der Waals surface area contributed by atoms with Crippen molar-refractivity contribution < 1.29 is 19.4 Å². The Kier molecular flexibility index (Phi) is 6.79. The first-order chi connectivity index (χ1) is 11.6. The van der Waals surface area contributed by atoms with Crippen LogP contribution in [0.3, 0.4) is 0 Å². The summed E-state index contributed by atoms with van der Waals surface area (Å²) in [7, 11) is 0. The number of carbonyl (C=O) groups excluding carboxylic acids is 1. The first-order valence-corrected chi connectivity index (χ1v) is 8.76. The molecule has 0 bridgehead atoms. The minimum atomic E-state index is -0.929. The van der Waals surface area contributed by atoms with Crippen LogP contribution in [0.5, 0.6) is 0 Å². The molecule has 0 unspecified atom stereocenters. The standard InChI is InChI=1S/C19H27NO4/c1-2-24-13-11-19(9-3-4-10-19)18(23)20-12-8-15-6-5-7-16(14-15)17(21)22/h5-7,14H,2-4,8-13H2,1H3,(H,20,23)(H,21,22). The van der Waals surface area contributed by atoms with E-state index in [1.54, 1.807) is 18.2 Å². The van der Waals surface area contributed by atoms with Gasteiger partial charge in [0.1, 0.15) is 0 Å². The van der Waals surface area contributed by atoms with Crippen LogP contribution in [0.15, 0.2) is 24.3 Å². The lowest BCUT2D eigenvalue weighted by atomic mass is 9.82. The molecule has 1 aromatic carbocycles. The Bertz CT molecular complexity index is 564. The predicted octanol–water partition coefficient (Wildman–Crippen LogP) is 3.03. The fourth-order valence-electron chi connectivity index (χ4n) is 3.42. The van der Waals surface area contributed by atoms with Crippen molar-refractivity contribution >= 4 is 11.9 Å². The van der Waals surface area contributed by atoms with E-state index in [2.05, 4.69) is 5.32 Å². The third-order valence-corrected chi connectivity index (χ3v) is 4.84. The molecule has 0 spiro atoms. The van der Waals surface area contributed by atoms with Crippen molar-refractivity contribution in [3.8, 4) is 0 Å². The highest BCUT2D eigenvalue weighted by Gasteiger charge is 2.40. The maximum absolute atomic E-state index is 12.7. The van der Waals surface area contributed by atoms with E-state index < -0.39 is 5.97 Å². The maximum Gasteiger partial charge on any atom is 0.335 e. The van der Waals surface area contributed by atoms with Gasteiger partial charge in [-0.05, 0) is 50.3 Å². The van der Waals surface area contributed by atoms with Crippen molar-refractivity contribution in [2.75, 3.05) is 19.8 Å². The van der Waals surface area contributed by atoms with Crippen LogP contribution >= 0.6 is 0 Å². The Morgan fingerprint density at radius 1 is 1.29 bits per heavy atom. The van der Waals surface area contributed by atoms with Crippen molar-refractivity contribution in [2.45, 2.75) is 45.4 Å². The number of hydrogen-bond acceptors (Lipinski definition) is 3. The zero-order valence-corrected chi connectivity index (χ0v) is 14.3. The predicted molar refractivity (Wildman–Crippen MR) is 92.1 cm³/mol. The second-order valence-electron chi connectivity index (χ2n) is 6.45. The molecular formula is C19H27NO4. The van der Waals surface area contributed by atoms with Crippen LogP contribution in [0.1, 0.15) is 54.9 Å². The summed E-state index contributed by atoms with van der Waals surface area (Å²) in [5.74, 6) is -0.809. The molecule has 24 heavy (non-hydrogen) atoms. The molecule has 132 valence electrons. The molecule has 1 fully saturated rings. The number of nitrogens with one attached hydrogen (secondary N) is 1. The van der Waals surface area contributed by atoms with Crippen LogP contribution in [-0.4, -0.2) is 36.7 Å². The summed E-state index contributed by atoms with van der Waals surface area (Å²) in [6.45, 7) is 3.80. The highest BCUT2D eigenvalue weighted by atomic mass is 16.5. The summed E-state index contributed by atoms with van der Waals surface area (Å²) in [6.07, 6.45) is 5.47. The van der Waals surface area contributed by atoms with Gasteiger partial charge in [-0.2, -0.15) is 0 Å². The zero-order valence-electron chi connectivity index (χ0n) is 14.3. The molecule has 1 saturated carbocycles. The number of carboxylic acid groups (broad SMARTS) is 1. The Labute approximate surface area is 143 Å². The van der Waals surface area contributed by atoms with Gasteiger partial charge in [0, 0.05) is 19.8 Å². The van der Waals surface area contributed by atoms with Crippen molar-refractivity contribution in [1.82, 2.24) is 5.32 Å². The summed E-state index contributed by atoms with van der Waals surface area (Å²) in [6, 6.07) is 6.86. The molecule has 1 aliphatic rings. The number of benzene rings is 1. The monoisotopic (exact) mass is 333 g/mol. The maximum atomic E-state index is 12.7. The second kappa shape index (κ2) is 8.83. The van der Waals surface area contributed by atoms with Crippen LogP contribution in [0.25, 0.3) is 0 Å². The molecule has 0 heterocycles. The molecule has 0 atom stereocenters. The van der Waals surface area contributed by atoms with E-state index in [4.69, 9.17) is 9.84 Å². The van der Waals surface area contributed by atoms with Gasteiger partial charge in [-0.15, -0.1) is 0 Å². The van der Waals surface area contributed by atoms with Crippen LogP contribution in [0.2, 0.25) is 0 Å². The van der Waals surface area contributed by atoms with Gasteiger partial charge in [0.15, 0.2) is 0 Å². The average Bonchev–Trinajstić information content (AvgIpc) is 3.05. The molecule has 2 rings (SSSR count). The SMILES string of the molecule is CCOCCC1(C(=O)NCCc2cccc(C(=O)O)c2)CCCC1. The fourth-order valence-corrected chi connectivity index (χ4v) is 3.42. The Morgan fingerprint density at radius 2 is 2.04 bits per heavy atom. The Hall–Kier alpha value is -1.88. The highest BCUT2D eigenvalue weighted by Crippen LogP contribution is 2.41. The molecule has 0 radical (unpaired) electrons. The van der Waals surface area contributed by atoms with Crippen LogP contribution < -0.4 is 5.32 Å². The topological polar surface area (TPSA) is 75.6 Å². The van der Waals surface area contributed by atoms with Crippen molar-refractivity contribution in [3.63, 3.8) is 0 Å². The van der Waals surface area contributed by atoms with E-state index in [9.17, 15) is 9.59 Å². The molecule has 0 saturated heterocycles. The number of carbonyl (C=O) groups is 2. The smallest absolute Gasteiger partial charge is 0.335 e. The number of hydrogen-bond donors (Lipinski definition) is 2. The van der Waals surface area contributed by atoms with Crippen molar-refractivity contribution in [1.29, 1.82) is 0 Å². The number of amides is 1. The van der Waals surface area contributed by atoms with Gasteiger partial charge in [-0.1, -0.05) is 25.0 Å². The summed E-state index contributed by atoms with van der Waals surface area (Å²) >= 11 is 0. The number of aromatic carboxylic acids is 1. The lowest BCUT2D eigenvalue weighted by Gasteiger charge is -2.27. The van der Waals surface area contributed by atoms with E-state index in [0.29, 0.717) is 26.2 Å². The van der Waals surface area contributed by atoms with E-state index in [0.717, 1.165) is 37.7 Å². The minimum absolute atomic E-state index is 0.120. The molecular weight excluding hydrogens is 306 g/mol. The average molecular weight is 333 g/mol. The normalized spacial score (nSPS) is 16.0. The zero-order chi connectivity index (χ0) is 17.4. The molecule has 1 aliphatic carbocycles. The van der Waals surface area contributed by atoms with Crippen LogP contribution in [0, 0.1) is 5.41 Å². The lowest BCUT2D eigenvalue weighted by molar-refractivity contribution is -0.132. The van der Waals surface area contributed by atoms with Gasteiger partial charge in [0.25, 0.3) is 0 Å². The Morgan fingerprint density at radius 3 is 2.71 bits per heavy atom. The van der Waals surface area contributed by atoms with Gasteiger partial charge in [0.05, 0.1) is 11.0 Å². The molecule has 5 nitrogen and oxygen atoms in total. The van der Waals surface area contributed by atoms with E-state index >= 15 is 0 Å². The minimum Gasteiger partial charge on any atom is -0.478 e. The number of carboxylic acids is 1. The largest absolute Gasteiger partial charge is 0.478 e. The van der Waals surface area contributed by atoms with Gasteiger partial charge >= 0.3 is 5.97 Å². The van der Waals surface area contributed by atoms with Gasteiger partial charge in [-0.3, -0.25) is 4.79 Å². The van der Waals surface area contributed by atoms with Crippen molar-refractivity contribution in [3.05, 3.63) is 35.4 Å². The van der Waals surface area contributed by atoms with Crippen molar-refractivity contribution in [2.24, 2.45) is 5.41 Å². The molecule has 2 N–H and O–H groups in total. The quantitative estimate of drug-likeness (QED) is 0.681. The number of ether oxygens (including phenoxy) is 1. The van der Waals surface area contributed by atoms with Crippen LogP contribution in [-0.2, 0) is 16.0 Å². The first-order valence-electron chi connectivity index (χ1n) is 8.76. The van der Waals surface area contributed by atoms with Gasteiger partial charge in [0.2, 0.25) is 5.91 Å². The molecule has 1 aromatic rings. The molecule has 0 aliphatic heterocycles. The molecule has 1 amide bonds.